The van der Waals surface area contributed by atoms with Crippen LogP contribution in [0.2, 0.25) is 0 Å². The van der Waals surface area contributed by atoms with Gasteiger partial charge in [0.05, 0.1) is 12.0 Å². The third kappa shape index (κ3) is 1.99. The van der Waals surface area contributed by atoms with Gasteiger partial charge in [-0.1, -0.05) is 4.49 Å². The number of hydrogen-bond donors (Lipinski definition) is 1. The van der Waals surface area contributed by atoms with Gasteiger partial charge in [0.1, 0.15) is 4.88 Å². The van der Waals surface area contributed by atoms with Crippen LogP contribution in [0.25, 0.3) is 0 Å². The van der Waals surface area contributed by atoms with Gasteiger partial charge in [0.15, 0.2) is 5.72 Å². The number of rotatable bonds is 2. The van der Waals surface area contributed by atoms with E-state index in [9.17, 15) is 4.79 Å². The van der Waals surface area contributed by atoms with E-state index in [2.05, 4.69) is 14.9 Å². The lowest BCUT2D eigenvalue weighted by atomic mass is 10.2. The molecular weight excluding hydrogens is 214 g/mol. The van der Waals surface area contributed by atoms with Crippen LogP contribution in [-0.4, -0.2) is 21.2 Å². The molecule has 6 heteroatoms. The van der Waals surface area contributed by atoms with E-state index in [1.54, 1.807) is 13.2 Å². The molecule has 2 rings (SSSR count). The van der Waals surface area contributed by atoms with Gasteiger partial charge >= 0.3 is 0 Å². The number of carbonyl (C=O) groups is 1. The Kier molecular flexibility index (Phi) is 2.44. The average Bonchev–Trinajstić information content (AvgIpc) is 2.74. The zero-order valence-corrected chi connectivity index (χ0v) is 9.30. The molecule has 1 amide bonds. The number of hydrogen-bond acceptors (Lipinski definition) is 5. The first-order valence-electron chi connectivity index (χ1n) is 4.55. The number of aryl methyl sites for hydroxylation is 1. The van der Waals surface area contributed by atoms with Gasteiger partial charge in [-0.3, -0.25) is 4.79 Å². The maximum atomic E-state index is 11.8. The summed E-state index contributed by atoms with van der Waals surface area (Å²) in [6.45, 7) is 3.59. The van der Waals surface area contributed by atoms with Crippen LogP contribution in [0.3, 0.4) is 0 Å². The van der Waals surface area contributed by atoms with Gasteiger partial charge in [0, 0.05) is 6.42 Å². The molecule has 1 aliphatic heterocycles. The Balaban J connectivity index is 2.07. The van der Waals surface area contributed by atoms with E-state index >= 15 is 0 Å². The first-order valence-corrected chi connectivity index (χ1v) is 5.32. The summed E-state index contributed by atoms with van der Waals surface area (Å²) < 4.78 is 9.01. The van der Waals surface area contributed by atoms with Crippen LogP contribution >= 0.6 is 11.5 Å². The predicted octanol–water partition coefficient (Wildman–Crippen LogP) is 1.23. The number of nitrogens with zero attached hydrogens (tertiary/aromatic N) is 2. The largest absolute Gasteiger partial charge is 0.476 e. The molecule has 80 valence electrons. The zero-order valence-electron chi connectivity index (χ0n) is 8.48. The molecule has 0 radical (unpaired) electrons. The number of nitrogens with one attached hydrogen (secondary N) is 1. The molecule has 0 saturated carbocycles. The van der Waals surface area contributed by atoms with E-state index in [-0.39, 0.29) is 5.91 Å². The van der Waals surface area contributed by atoms with Crippen molar-refractivity contribution in [1.29, 1.82) is 0 Å². The lowest BCUT2D eigenvalue weighted by Gasteiger charge is -2.24. The Morgan fingerprint density at radius 1 is 1.73 bits per heavy atom. The minimum absolute atomic E-state index is 0.186. The minimum atomic E-state index is -0.631. The maximum Gasteiger partial charge on any atom is 0.267 e. The fraction of sp³-hybridized carbons (Fsp3) is 0.444. The number of carbonyl (C=O) groups excluding carboxylic acids is 1. The highest BCUT2D eigenvalue weighted by Crippen LogP contribution is 2.20. The highest BCUT2D eigenvalue weighted by Gasteiger charge is 2.30. The van der Waals surface area contributed by atoms with Crippen molar-refractivity contribution in [1.82, 2.24) is 14.9 Å². The minimum Gasteiger partial charge on any atom is -0.476 e. The fourth-order valence-corrected chi connectivity index (χ4v) is 1.89. The number of amides is 1. The standard InChI is InChI=1S/C9H11N3O2S/c1-6-7(15-12-11-6)8(13)10-9(2)4-3-5-14-9/h3,5H,4H2,1-2H3,(H,10,13). The summed E-state index contributed by atoms with van der Waals surface area (Å²) in [5, 5.41) is 6.59. The van der Waals surface area contributed by atoms with Gasteiger partial charge < -0.3 is 10.1 Å². The van der Waals surface area contributed by atoms with E-state index in [0.717, 1.165) is 11.5 Å². The molecular formula is C9H11N3O2S. The molecule has 1 aromatic heterocycles. The SMILES string of the molecule is Cc1nnsc1C(=O)NC1(C)CC=CO1. The van der Waals surface area contributed by atoms with E-state index in [0.29, 0.717) is 17.0 Å². The molecule has 1 atom stereocenters. The smallest absolute Gasteiger partial charge is 0.267 e. The number of aromatic nitrogens is 2. The Bertz CT molecular complexity index is 405. The van der Waals surface area contributed by atoms with Crippen LogP contribution in [0.15, 0.2) is 12.3 Å². The monoisotopic (exact) mass is 225 g/mol. The highest BCUT2D eigenvalue weighted by molar-refractivity contribution is 7.08. The van der Waals surface area contributed by atoms with Gasteiger partial charge in [-0.15, -0.1) is 5.10 Å². The second kappa shape index (κ2) is 3.62. The average molecular weight is 225 g/mol. The second-order valence-corrected chi connectivity index (χ2v) is 4.32. The summed E-state index contributed by atoms with van der Waals surface area (Å²) in [7, 11) is 0. The summed E-state index contributed by atoms with van der Waals surface area (Å²) in [4.78, 5) is 12.3. The first kappa shape index (κ1) is 10.1. The highest BCUT2D eigenvalue weighted by atomic mass is 32.1. The third-order valence-electron chi connectivity index (χ3n) is 2.17. The van der Waals surface area contributed by atoms with Crippen LogP contribution < -0.4 is 5.32 Å². The molecule has 2 heterocycles. The first-order chi connectivity index (χ1) is 7.11. The summed E-state index contributed by atoms with van der Waals surface area (Å²) in [6.07, 6.45) is 4.14. The molecule has 1 N–H and O–H groups in total. The molecule has 0 spiro atoms. The van der Waals surface area contributed by atoms with Crippen molar-refractivity contribution in [2.75, 3.05) is 0 Å². The molecule has 5 nitrogen and oxygen atoms in total. The lowest BCUT2D eigenvalue weighted by molar-refractivity contribution is 0.0270. The van der Waals surface area contributed by atoms with Crippen molar-refractivity contribution in [3.05, 3.63) is 22.9 Å². The molecule has 0 saturated heterocycles. The normalized spacial score (nSPS) is 23.9. The summed E-state index contributed by atoms with van der Waals surface area (Å²) in [6, 6.07) is 0. The van der Waals surface area contributed by atoms with E-state index in [4.69, 9.17) is 4.74 Å². The lowest BCUT2D eigenvalue weighted by Crippen LogP contribution is -2.45. The quantitative estimate of drug-likeness (QED) is 0.822. The molecule has 0 aliphatic carbocycles. The van der Waals surface area contributed by atoms with Crippen LogP contribution in [-0.2, 0) is 4.74 Å². The van der Waals surface area contributed by atoms with Crippen molar-refractivity contribution in [2.24, 2.45) is 0 Å². The van der Waals surface area contributed by atoms with Gasteiger partial charge in [0.25, 0.3) is 5.91 Å². The second-order valence-electron chi connectivity index (χ2n) is 3.57. The predicted molar refractivity (Wildman–Crippen MR) is 55.4 cm³/mol. The van der Waals surface area contributed by atoms with E-state index < -0.39 is 5.72 Å². The Morgan fingerprint density at radius 2 is 2.53 bits per heavy atom. The van der Waals surface area contributed by atoms with Gasteiger partial charge in [0.2, 0.25) is 0 Å². The third-order valence-corrected chi connectivity index (χ3v) is 2.99. The summed E-state index contributed by atoms with van der Waals surface area (Å²) in [5.74, 6) is -0.186. The zero-order chi connectivity index (χ0) is 10.9. The number of ether oxygens (including phenoxy) is 1. The van der Waals surface area contributed by atoms with E-state index in [1.807, 2.05) is 13.0 Å². The Morgan fingerprint density at radius 3 is 3.07 bits per heavy atom. The van der Waals surface area contributed by atoms with Gasteiger partial charge in [-0.2, -0.15) is 0 Å². The fourth-order valence-electron chi connectivity index (χ4n) is 1.34. The summed E-state index contributed by atoms with van der Waals surface area (Å²) >= 11 is 1.09. The van der Waals surface area contributed by atoms with Gasteiger partial charge in [-0.05, 0) is 31.5 Å². The molecule has 0 bridgehead atoms. The molecule has 0 fully saturated rings. The van der Waals surface area contributed by atoms with Crippen molar-refractivity contribution in [2.45, 2.75) is 26.0 Å². The van der Waals surface area contributed by atoms with Crippen LogP contribution in [0, 0.1) is 6.92 Å². The van der Waals surface area contributed by atoms with Crippen molar-refractivity contribution in [3.8, 4) is 0 Å². The molecule has 0 aromatic carbocycles. The van der Waals surface area contributed by atoms with Crippen LogP contribution in [0.4, 0.5) is 0 Å². The Labute approximate surface area is 91.3 Å². The maximum absolute atomic E-state index is 11.8. The van der Waals surface area contributed by atoms with Crippen molar-refractivity contribution >= 4 is 17.4 Å². The van der Waals surface area contributed by atoms with Crippen molar-refractivity contribution in [3.63, 3.8) is 0 Å². The summed E-state index contributed by atoms with van der Waals surface area (Å²) in [5.41, 5.74) is 0.0140. The topological polar surface area (TPSA) is 64.1 Å². The Hall–Kier alpha value is -1.43. The molecule has 1 aromatic rings. The van der Waals surface area contributed by atoms with Crippen LogP contribution in [0.1, 0.15) is 28.7 Å². The van der Waals surface area contributed by atoms with E-state index in [1.165, 1.54) is 0 Å². The molecule has 15 heavy (non-hydrogen) atoms. The molecule has 1 aliphatic rings. The van der Waals surface area contributed by atoms with Crippen LogP contribution in [0.5, 0.6) is 0 Å². The van der Waals surface area contributed by atoms with Crippen molar-refractivity contribution < 1.29 is 9.53 Å². The molecule has 1 unspecified atom stereocenters. The van der Waals surface area contributed by atoms with Gasteiger partial charge in [-0.25, -0.2) is 0 Å².